The number of aliphatic hydroxyl groups excluding tert-OH is 2. The minimum Gasteiger partial charge on any atom is -0.394 e. The van der Waals surface area contributed by atoms with E-state index >= 15 is 0 Å². The highest BCUT2D eigenvalue weighted by Gasteiger charge is 2.18. The minimum atomic E-state index is -0.836. The van der Waals surface area contributed by atoms with Crippen LogP contribution in [0.15, 0.2) is 36.5 Å². The van der Waals surface area contributed by atoms with E-state index in [1.54, 1.807) is 6.08 Å². The monoisotopic (exact) mass is 772 g/mol. The Labute approximate surface area is 344 Å². The molecule has 0 heterocycles. The number of nitrogens with one attached hydrogen (secondary N) is 1. The highest BCUT2D eigenvalue weighted by atomic mass is 16.3. The summed E-state index contributed by atoms with van der Waals surface area (Å²) in [6, 6.07) is -0.620. The topological polar surface area (TPSA) is 69.6 Å². The van der Waals surface area contributed by atoms with Crippen molar-refractivity contribution < 1.29 is 15.0 Å². The van der Waals surface area contributed by atoms with E-state index in [4.69, 9.17) is 0 Å². The number of hydrogen-bond acceptors (Lipinski definition) is 3. The van der Waals surface area contributed by atoms with Crippen molar-refractivity contribution in [3.8, 4) is 0 Å². The summed E-state index contributed by atoms with van der Waals surface area (Å²) in [5.74, 6) is -0.0633. The van der Waals surface area contributed by atoms with Gasteiger partial charge >= 0.3 is 0 Å². The highest BCUT2D eigenvalue weighted by Crippen LogP contribution is 2.16. The zero-order valence-corrected chi connectivity index (χ0v) is 37.2. The summed E-state index contributed by atoms with van der Waals surface area (Å²) < 4.78 is 0. The third-order valence-corrected chi connectivity index (χ3v) is 11.4. The normalized spacial score (nSPS) is 13.2. The number of hydrogen-bond donors (Lipinski definition) is 3. The first-order valence-corrected chi connectivity index (χ1v) is 24.7. The molecule has 55 heavy (non-hydrogen) atoms. The fourth-order valence-corrected chi connectivity index (χ4v) is 7.56. The van der Waals surface area contributed by atoms with Crippen molar-refractivity contribution in [1.82, 2.24) is 5.32 Å². The van der Waals surface area contributed by atoms with Gasteiger partial charge in [-0.15, -0.1) is 0 Å². The van der Waals surface area contributed by atoms with E-state index in [9.17, 15) is 15.0 Å². The summed E-state index contributed by atoms with van der Waals surface area (Å²) >= 11 is 0. The maximum absolute atomic E-state index is 12.4. The Morgan fingerprint density at radius 1 is 0.436 bits per heavy atom. The van der Waals surface area contributed by atoms with E-state index in [0.29, 0.717) is 6.42 Å². The Morgan fingerprint density at radius 3 is 1.09 bits per heavy atom. The maximum atomic E-state index is 12.4. The van der Waals surface area contributed by atoms with Crippen molar-refractivity contribution in [2.24, 2.45) is 0 Å². The molecule has 0 radical (unpaired) electrons. The third-order valence-electron chi connectivity index (χ3n) is 11.4. The molecule has 0 aliphatic rings. The summed E-state index contributed by atoms with van der Waals surface area (Å²) in [7, 11) is 0. The summed E-state index contributed by atoms with van der Waals surface area (Å²) in [6.45, 7) is 4.31. The number of aliphatic hydroxyl groups is 2. The SMILES string of the molecule is CCCCCCCCCCC/C=C\C/C=C\CCCCCCCCCCCCCCCCCC(=O)NC(CO)C(O)/C=C/CCCCCCCCCCCC. The van der Waals surface area contributed by atoms with Crippen molar-refractivity contribution in [3.63, 3.8) is 0 Å². The van der Waals surface area contributed by atoms with Gasteiger partial charge in [0.15, 0.2) is 0 Å². The maximum Gasteiger partial charge on any atom is 0.220 e. The van der Waals surface area contributed by atoms with Gasteiger partial charge in [0.1, 0.15) is 0 Å². The number of carbonyl (C=O) groups is 1. The molecule has 3 N–H and O–H groups in total. The molecule has 0 aromatic carbocycles. The van der Waals surface area contributed by atoms with E-state index in [1.807, 2.05) is 6.08 Å². The second-order valence-electron chi connectivity index (χ2n) is 16.9. The predicted octanol–water partition coefficient (Wildman–Crippen LogP) is 15.7. The van der Waals surface area contributed by atoms with E-state index in [1.165, 1.54) is 212 Å². The zero-order valence-electron chi connectivity index (χ0n) is 37.2. The van der Waals surface area contributed by atoms with Gasteiger partial charge in [-0.25, -0.2) is 0 Å². The van der Waals surface area contributed by atoms with E-state index in [0.717, 1.165) is 32.1 Å². The number of allylic oxidation sites excluding steroid dienone is 5. The van der Waals surface area contributed by atoms with Crippen molar-refractivity contribution in [3.05, 3.63) is 36.5 Å². The first kappa shape index (κ1) is 53.6. The summed E-state index contributed by atoms with van der Waals surface area (Å²) in [5, 5.41) is 23.0. The lowest BCUT2D eigenvalue weighted by Gasteiger charge is -2.20. The molecule has 0 saturated heterocycles. The van der Waals surface area contributed by atoms with Crippen LogP contribution in [0.3, 0.4) is 0 Å². The van der Waals surface area contributed by atoms with Crippen LogP contribution in [-0.2, 0) is 4.79 Å². The van der Waals surface area contributed by atoms with Crippen molar-refractivity contribution in [1.29, 1.82) is 0 Å². The average Bonchev–Trinajstić information content (AvgIpc) is 3.19. The Balaban J connectivity index is 3.46. The van der Waals surface area contributed by atoms with Crippen LogP contribution in [0.1, 0.15) is 264 Å². The molecule has 0 aliphatic carbocycles. The Hall–Kier alpha value is -1.39. The summed E-state index contributed by atoms with van der Waals surface area (Å²) in [4.78, 5) is 12.4. The standard InChI is InChI=1S/C51H97NO3/c1-3-5-7-9-11-13-15-17-18-19-20-21-22-23-24-25-26-27-28-29-30-31-32-33-34-35-37-39-41-43-45-47-51(55)52-49(48-53)50(54)46-44-42-40-38-36-16-14-12-10-8-6-4-2/h20-21,23-24,44,46,49-50,53-54H,3-19,22,25-43,45,47-48H2,1-2H3,(H,52,55)/b21-20-,24-23-,46-44+. The van der Waals surface area contributed by atoms with Crippen LogP contribution in [-0.4, -0.2) is 34.9 Å². The van der Waals surface area contributed by atoms with Gasteiger partial charge in [-0.3, -0.25) is 4.79 Å². The van der Waals surface area contributed by atoms with Gasteiger partial charge in [-0.05, 0) is 51.4 Å². The van der Waals surface area contributed by atoms with Gasteiger partial charge in [-0.1, -0.05) is 243 Å². The second-order valence-corrected chi connectivity index (χ2v) is 16.9. The molecule has 4 heteroatoms. The molecule has 1 amide bonds. The fraction of sp³-hybridized carbons (Fsp3) is 0.863. The van der Waals surface area contributed by atoms with Gasteiger partial charge in [0.05, 0.1) is 18.8 Å². The average molecular weight is 772 g/mol. The summed E-state index contributed by atoms with van der Waals surface area (Å²) in [5.41, 5.74) is 0. The van der Waals surface area contributed by atoms with Gasteiger partial charge in [0.2, 0.25) is 5.91 Å². The minimum absolute atomic E-state index is 0.0633. The molecule has 0 fully saturated rings. The lowest BCUT2D eigenvalue weighted by molar-refractivity contribution is -0.123. The molecular formula is C51H97NO3. The molecule has 324 valence electrons. The van der Waals surface area contributed by atoms with Crippen LogP contribution in [0.4, 0.5) is 0 Å². The molecular weight excluding hydrogens is 675 g/mol. The molecule has 0 aliphatic heterocycles. The number of amides is 1. The first-order valence-electron chi connectivity index (χ1n) is 24.7. The van der Waals surface area contributed by atoms with E-state index in [2.05, 4.69) is 43.5 Å². The lowest BCUT2D eigenvalue weighted by Crippen LogP contribution is -2.45. The lowest BCUT2D eigenvalue weighted by atomic mass is 10.0. The molecule has 2 atom stereocenters. The van der Waals surface area contributed by atoms with Crippen LogP contribution in [0.25, 0.3) is 0 Å². The molecule has 0 saturated carbocycles. The molecule has 0 bridgehead atoms. The molecule has 0 rings (SSSR count). The van der Waals surface area contributed by atoms with Gasteiger partial charge in [0, 0.05) is 6.42 Å². The molecule has 4 nitrogen and oxygen atoms in total. The van der Waals surface area contributed by atoms with Gasteiger partial charge in [-0.2, -0.15) is 0 Å². The number of unbranched alkanes of at least 4 members (excludes halogenated alkanes) is 34. The van der Waals surface area contributed by atoms with Crippen LogP contribution in [0, 0.1) is 0 Å². The molecule has 0 spiro atoms. The zero-order chi connectivity index (χ0) is 40.0. The molecule has 0 aromatic rings. The van der Waals surface area contributed by atoms with E-state index < -0.39 is 12.1 Å². The smallest absolute Gasteiger partial charge is 0.220 e. The van der Waals surface area contributed by atoms with Gasteiger partial charge in [0.25, 0.3) is 0 Å². The van der Waals surface area contributed by atoms with Crippen LogP contribution in [0.2, 0.25) is 0 Å². The Morgan fingerprint density at radius 2 is 0.745 bits per heavy atom. The fourth-order valence-electron chi connectivity index (χ4n) is 7.56. The number of rotatable bonds is 45. The van der Waals surface area contributed by atoms with Crippen LogP contribution in [0.5, 0.6) is 0 Å². The molecule has 2 unspecified atom stereocenters. The predicted molar refractivity (Wildman–Crippen MR) is 244 cm³/mol. The van der Waals surface area contributed by atoms with Crippen molar-refractivity contribution >= 4 is 5.91 Å². The van der Waals surface area contributed by atoms with Gasteiger partial charge < -0.3 is 15.5 Å². The third kappa shape index (κ3) is 43.6. The second kappa shape index (κ2) is 47.0. The largest absolute Gasteiger partial charge is 0.394 e. The molecule has 0 aromatic heterocycles. The Kier molecular flexibility index (Phi) is 45.8. The quantitative estimate of drug-likeness (QED) is 0.0426. The number of carbonyl (C=O) groups excluding carboxylic acids is 1. The first-order chi connectivity index (χ1) is 27.2. The highest BCUT2D eigenvalue weighted by molar-refractivity contribution is 5.76. The van der Waals surface area contributed by atoms with Crippen LogP contribution >= 0.6 is 0 Å². The Bertz CT molecular complexity index is 836. The van der Waals surface area contributed by atoms with Crippen molar-refractivity contribution in [2.45, 2.75) is 276 Å². The van der Waals surface area contributed by atoms with Crippen LogP contribution < -0.4 is 5.32 Å². The summed E-state index contributed by atoms with van der Waals surface area (Å²) in [6.07, 6.45) is 62.8. The van der Waals surface area contributed by atoms with Crippen molar-refractivity contribution in [2.75, 3.05) is 6.61 Å². The van der Waals surface area contributed by atoms with E-state index in [-0.39, 0.29) is 12.5 Å².